The summed E-state index contributed by atoms with van der Waals surface area (Å²) in [6.07, 6.45) is 2.67. The van der Waals surface area contributed by atoms with E-state index < -0.39 is 16.5 Å². The second-order valence-corrected chi connectivity index (χ2v) is 10.8. The van der Waals surface area contributed by atoms with Gasteiger partial charge >= 0.3 is 0 Å². The molecule has 0 spiro atoms. The van der Waals surface area contributed by atoms with Crippen molar-refractivity contribution in [1.82, 2.24) is 10.3 Å². The van der Waals surface area contributed by atoms with Crippen LogP contribution in [0.1, 0.15) is 33.3 Å². The quantitative estimate of drug-likeness (QED) is 0.270. The summed E-state index contributed by atoms with van der Waals surface area (Å²) < 4.78 is 5.27. The summed E-state index contributed by atoms with van der Waals surface area (Å²) in [6.45, 7) is 0.460. The molecule has 2 unspecified atom stereocenters. The van der Waals surface area contributed by atoms with Crippen LogP contribution in [0.5, 0.6) is 5.75 Å². The van der Waals surface area contributed by atoms with Crippen molar-refractivity contribution >= 4 is 57.7 Å². The molecule has 3 aromatic carbocycles. The number of carbonyl (C=O) groups is 3. The first-order chi connectivity index (χ1) is 18.9. The van der Waals surface area contributed by atoms with Gasteiger partial charge in [0.15, 0.2) is 0 Å². The Labute approximate surface area is 234 Å². The van der Waals surface area contributed by atoms with Gasteiger partial charge in [-0.2, -0.15) is 0 Å². The highest BCUT2D eigenvalue weighted by Gasteiger charge is 2.43. The molecule has 4 aromatic rings. The van der Waals surface area contributed by atoms with Crippen molar-refractivity contribution in [3.63, 3.8) is 0 Å². The molecule has 8 nitrogen and oxygen atoms in total. The number of ether oxygens (including phenoxy) is 1. The molecule has 3 amide bonds. The van der Waals surface area contributed by atoms with Gasteiger partial charge in [-0.25, -0.2) is 0 Å². The van der Waals surface area contributed by atoms with Crippen LogP contribution in [0.25, 0.3) is 10.9 Å². The number of rotatable bonds is 9. The Bertz CT molecular complexity index is 1540. The number of amides is 3. The number of H-pyrrole nitrogens is 1. The van der Waals surface area contributed by atoms with Crippen molar-refractivity contribution in [2.45, 2.75) is 23.5 Å². The molecule has 4 N–H and O–H groups in total. The minimum atomic E-state index is -0.650. The third kappa shape index (κ3) is 5.60. The second kappa shape index (κ2) is 11.4. The van der Waals surface area contributed by atoms with Crippen molar-refractivity contribution in [2.24, 2.45) is 5.73 Å². The molecule has 39 heavy (non-hydrogen) atoms. The standard InChI is InChI=1S/C29H27ClN4O4S/c1-38-20-9-6-17(7-10-20)29-34(19-8-11-22(27(31)36)23(30)14-19)28(37)25(39-29)15-26(35)32-13-12-18-16-33-24-5-3-2-4-21(18)24/h2-11,14,16,25,29,33H,12-13,15H2,1H3,(H2,31,36)(H,32,35). The molecule has 10 heteroatoms. The Morgan fingerprint density at radius 3 is 2.62 bits per heavy atom. The Morgan fingerprint density at radius 2 is 1.90 bits per heavy atom. The Hall–Kier alpha value is -3.95. The number of hydrogen-bond acceptors (Lipinski definition) is 5. The van der Waals surface area contributed by atoms with Gasteiger partial charge in [0.25, 0.3) is 0 Å². The van der Waals surface area contributed by atoms with E-state index in [4.69, 9.17) is 22.1 Å². The maximum atomic E-state index is 13.6. The Morgan fingerprint density at radius 1 is 1.13 bits per heavy atom. The van der Waals surface area contributed by atoms with Crippen LogP contribution in [0.15, 0.2) is 72.9 Å². The van der Waals surface area contributed by atoms with Gasteiger partial charge in [-0.1, -0.05) is 41.9 Å². The number of aromatic amines is 1. The van der Waals surface area contributed by atoms with Crippen molar-refractivity contribution < 1.29 is 19.1 Å². The highest BCUT2D eigenvalue weighted by atomic mass is 35.5. The number of halogens is 1. The number of nitrogens with two attached hydrogens (primary N) is 1. The van der Waals surface area contributed by atoms with Crippen molar-refractivity contribution in [1.29, 1.82) is 0 Å². The summed E-state index contributed by atoms with van der Waals surface area (Å²) in [4.78, 5) is 43.1. The monoisotopic (exact) mass is 562 g/mol. The number of hydrogen-bond donors (Lipinski definition) is 3. The van der Waals surface area contributed by atoms with Crippen LogP contribution >= 0.6 is 23.4 Å². The van der Waals surface area contributed by atoms with Crippen LogP contribution < -0.4 is 20.7 Å². The van der Waals surface area contributed by atoms with Gasteiger partial charge in [-0.15, -0.1) is 11.8 Å². The minimum absolute atomic E-state index is 0.0354. The average Bonchev–Trinajstić information content (AvgIpc) is 3.49. The normalized spacial score (nSPS) is 17.0. The molecule has 1 aromatic heterocycles. The lowest BCUT2D eigenvalue weighted by molar-refractivity contribution is -0.124. The fourth-order valence-electron chi connectivity index (χ4n) is 4.71. The molecule has 1 aliphatic heterocycles. The van der Waals surface area contributed by atoms with E-state index >= 15 is 0 Å². The number of anilines is 1. The van der Waals surface area contributed by atoms with Gasteiger partial charge in [0.05, 0.1) is 22.9 Å². The average molecular weight is 563 g/mol. The van der Waals surface area contributed by atoms with E-state index in [0.29, 0.717) is 24.4 Å². The molecule has 5 rings (SSSR count). The number of carbonyl (C=O) groups excluding carboxylic acids is 3. The first kappa shape index (κ1) is 26.6. The smallest absolute Gasteiger partial charge is 0.250 e. The molecule has 2 atom stereocenters. The molecular formula is C29H27ClN4O4S. The fraction of sp³-hybridized carbons (Fsp3) is 0.207. The predicted molar refractivity (Wildman–Crippen MR) is 154 cm³/mol. The van der Waals surface area contributed by atoms with Crippen LogP contribution in [0.4, 0.5) is 5.69 Å². The van der Waals surface area contributed by atoms with Gasteiger partial charge < -0.3 is 20.8 Å². The predicted octanol–water partition coefficient (Wildman–Crippen LogP) is 4.83. The molecule has 0 saturated carbocycles. The number of primary amides is 1. The number of para-hydroxylation sites is 1. The largest absolute Gasteiger partial charge is 0.497 e. The minimum Gasteiger partial charge on any atom is -0.497 e. The highest BCUT2D eigenvalue weighted by Crippen LogP contribution is 2.47. The number of thioether (sulfide) groups is 1. The lowest BCUT2D eigenvalue weighted by atomic mass is 10.1. The number of nitrogens with one attached hydrogen (secondary N) is 2. The summed E-state index contributed by atoms with van der Waals surface area (Å²) in [5, 5.41) is 3.25. The number of fused-ring (bicyclic) bond motifs is 1. The number of methoxy groups -OCH3 is 1. The number of aromatic nitrogens is 1. The maximum Gasteiger partial charge on any atom is 0.250 e. The Balaban J connectivity index is 1.31. The third-order valence-electron chi connectivity index (χ3n) is 6.70. The van der Waals surface area contributed by atoms with E-state index in [1.165, 1.54) is 17.8 Å². The van der Waals surface area contributed by atoms with Gasteiger partial charge in [-0.3, -0.25) is 19.3 Å². The van der Waals surface area contributed by atoms with E-state index in [-0.39, 0.29) is 28.8 Å². The van der Waals surface area contributed by atoms with E-state index in [9.17, 15) is 14.4 Å². The molecule has 1 fully saturated rings. The number of nitrogens with zero attached hydrogens (tertiary/aromatic N) is 1. The van der Waals surface area contributed by atoms with Gasteiger partial charge in [-0.05, 0) is 53.9 Å². The number of benzene rings is 3. The lowest BCUT2D eigenvalue weighted by Gasteiger charge is -2.25. The third-order valence-corrected chi connectivity index (χ3v) is 8.45. The molecule has 2 heterocycles. The topological polar surface area (TPSA) is 118 Å². The van der Waals surface area contributed by atoms with Crippen LogP contribution in [-0.4, -0.2) is 41.6 Å². The highest BCUT2D eigenvalue weighted by molar-refractivity contribution is 8.01. The summed E-state index contributed by atoms with van der Waals surface area (Å²) in [5.41, 5.74) is 9.14. The summed E-state index contributed by atoms with van der Waals surface area (Å²) >= 11 is 7.71. The first-order valence-electron chi connectivity index (χ1n) is 12.4. The van der Waals surface area contributed by atoms with Crippen LogP contribution in [0, 0.1) is 0 Å². The zero-order valence-corrected chi connectivity index (χ0v) is 22.7. The van der Waals surface area contributed by atoms with Gasteiger partial charge in [0.2, 0.25) is 17.7 Å². The van der Waals surface area contributed by atoms with Gasteiger partial charge in [0, 0.05) is 35.8 Å². The molecule has 0 aliphatic carbocycles. The van der Waals surface area contributed by atoms with E-state index in [1.807, 2.05) is 54.7 Å². The van der Waals surface area contributed by atoms with E-state index in [2.05, 4.69) is 10.3 Å². The maximum absolute atomic E-state index is 13.6. The molecule has 0 radical (unpaired) electrons. The molecule has 200 valence electrons. The van der Waals surface area contributed by atoms with E-state index in [0.717, 1.165) is 22.0 Å². The summed E-state index contributed by atoms with van der Waals surface area (Å²) in [5.74, 6) is -0.365. The summed E-state index contributed by atoms with van der Waals surface area (Å²) in [6, 6.07) is 20.2. The van der Waals surface area contributed by atoms with Crippen LogP contribution in [0.2, 0.25) is 5.02 Å². The second-order valence-electron chi connectivity index (χ2n) is 9.15. The Kier molecular flexibility index (Phi) is 7.81. The van der Waals surface area contributed by atoms with Gasteiger partial charge in [0.1, 0.15) is 11.1 Å². The molecular weight excluding hydrogens is 536 g/mol. The molecule has 0 bridgehead atoms. The molecule has 1 saturated heterocycles. The van der Waals surface area contributed by atoms with E-state index in [1.54, 1.807) is 24.1 Å². The molecule has 1 aliphatic rings. The van der Waals surface area contributed by atoms with Crippen molar-refractivity contribution in [3.8, 4) is 5.75 Å². The zero-order chi connectivity index (χ0) is 27.5. The SMILES string of the molecule is COc1ccc(C2SC(CC(=O)NCCc3c[nH]c4ccccc34)C(=O)N2c2ccc(C(N)=O)c(Cl)c2)cc1. The van der Waals surface area contributed by atoms with Crippen LogP contribution in [0.3, 0.4) is 0 Å². The zero-order valence-electron chi connectivity index (χ0n) is 21.1. The lowest BCUT2D eigenvalue weighted by Crippen LogP contribution is -2.34. The van der Waals surface area contributed by atoms with Crippen molar-refractivity contribution in [3.05, 3.63) is 94.6 Å². The van der Waals surface area contributed by atoms with Crippen molar-refractivity contribution in [2.75, 3.05) is 18.6 Å². The first-order valence-corrected chi connectivity index (χ1v) is 13.7. The van der Waals surface area contributed by atoms with Crippen LogP contribution in [-0.2, 0) is 16.0 Å². The fourth-order valence-corrected chi connectivity index (χ4v) is 6.43. The summed E-state index contributed by atoms with van der Waals surface area (Å²) in [7, 11) is 1.59.